The van der Waals surface area contributed by atoms with Crippen LogP contribution in [-0.2, 0) is 4.74 Å². The third kappa shape index (κ3) is 4.36. The number of nitrogens with zero attached hydrogens (tertiary/aromatic N) is 2. The Hall–Kier alpha value is -1.75. The van der Waals surface area contributed by atoms with Gasteiger partial charge in [-0.1, -0.05) is 0 Å². The van der Waals surface area contributed by atoms with Gasteiger partial charge in [0.05, 0.1) is 17.9 Å². The maximum atomic E-state index is 12.2. The highest BCUT2D eigenvalue weighted by Gasteiger charge is 2.15. The number of esters is 1. The summed E-state index contributed by atoms with van der Waals surface area (Å²) >= 11 is 0. The molecular formula is C16H25N3O2. The van der Waals surface area contributed by atoms with Crippen molar-refractivity contribution in [2.45, 2.75) is 19.3 Å². The molecule has 0 atom stereocenters. The van der Waals surface area contributed by atoms with Crippen molar-refractivity contribution in [1.29, 1.82) is 0 Å². The molecule has 1 aromatic carbocycles. The van der Waals surface area contributed by atoms with Crippen molar-refractivity contribution >= 4 is 17.3 Å². The Morgan fingerprint density at radius 2 is 2.05 bits per heavy atom. The summed E-state index contributed by atoms with van der Waals surface area (Å²) in [5.41, 5.74) is 7.70. The minimum absolute atomic E-state index is 0.299. The van der Waals surface area contributed by atoms with Gasteiger partial charge in [0.25, 0.3) is 0 Å². The normalized spacial score (nSPS) is 15.1. The molecule has 0 bridgehead atoms. The number of nitrogen functional groups attached to an aromatic ring is 1. The van der Waals surface area contributed by atoms with E-state index in [1.54, 1.807) is 12.1 Å². The molecule has 1 fully saturated rings. The van der Waals surface area contributed by atoms with E-state index < -0.39 is 0 Å². The van der Waals surface area contributed by atoms with Crippen molar-refractivity contribution in [3.63, 3.8) is 0 Å². The molecule has 1 saturated heterocycles. The Kier molecular flexibility index (Phi) is 5.44. The number of hydrogen-bond donors (Lipinski definition) is 1. The quantitative estimate of drug-likeness (QED) is 0.493. The van der Waals surface area contributed by atoms with Gasteiger partial charge in [-0.3, -0.25) is 0 Å². The van der Waals surface area contributed by atoms with Gasteiger partial charge in [-0.05, 0) is 50.6 Å². The second kappa shape index (κ2) is 7.31. The van der Waals surface area contributed by atoms with Gasteiger partial charge in [-0.2, -0.15) is 0 Å². The number of likely N-dealkylation sites (tertiary alicyclic amines) is 1. The van der Waals surface area contributed by atoms with Gasteiger partial charge in [-0.25, -0.2) is 4.79 Å². The highest BCUT2D eigenvalue weighted by atomic mass is 16.5. The summed E-state index contributed by atoms with van der Waals surface area (Å²) in [5, 5.41) is 0. The van der Waals surface area contributed by atoms with E-state index >= 15 is 0 Å². The fraction of sp³-hybridized carbons (Fsp3) is 0.562. The first-order valence-electron chi connectivity index (χ1n) is 7.54. The van der Waals surface area contributed by atoms with Crippen LogP contribution in [0.2, 0.25) is 0 Å². The van der Waals surface area contributed by atoms with Gasteiger partial charge in [0, 0.05) is 26.3 Å². The van der Waals surface area contributed by atoms with Crippen LogP contribution in [-0.4, -0.2) is 51.2 Å². The van der Waals surface area contributed by atoms with Crippen LogP contribution in [0.15, 0.2) is 18.2 Å². The van der Waals surface area contributed by atoms with Gasteiger partial charge in [0.1, 0.15) is 0 Å². The van der Waals surface area contributed by atoms with E-state index in [1.165, 1.54) is 25.9 Å². The molecule has 1 aliphatic rings. The van der Waals surface area contributed by atoms with Crippen LogP contribution in [0.5, 0.6) is 0 Å². The molecule has 0 spiro atoms. The van der Waals surface area contributed by atoms with Crippen LogP contribution in [0.4, 0.5) is 11.4 Å². The number of hydrogen-bond acceptors (Lipinski definition) is 5. The Morgan fingerprint density at radius 3 is 2.71 bits per heavy atom. The third-order valence-corrected chi connectivity index (χ3v) is 3.77. The Bertz CT molecular complexity index is 482. The molecule has 0 aromatic heterocycles. The molecule has 2 N–H and O–H groups in total. The lowest BCUT2D eigenvalue weighted by molar-refractivity contribution is 0.0492. The molecule has 5 heteroatoms. The van der Waals surface area contributed by atoms with Gasteiger partial charge in [0.15, 0.2) is 0 Å². The van der Waals surface area contributed by atoms with Crippen molar-refractivity contribution in [1.82, 2.24) is 4.90 Å². The van der Waals surface area contributed by atoms with Gasteiger partial charge < -0.3 is 20.3 Å². The van der Waals surface area contributed by atoms with E-state index in [-0.39, 0.29) is 5.97 Å². The van der Waals surface area contributed by atoms with Crippen molar-refractivity contribution in [2.24, 2.45) is 0 Å². The molecule has 0 amide bonds. The lowest BCUT2D eigenvalue weighted by Crippen LogP contribution is -2.22. The second-order valence-corrected chi connectivity index (χ2v) is 5.71. The van der Waals surface area contributed by atoms with E-state index in [4.69, 9.17) is 10.5 Å². The van der Waals surface area contributed by atoms with E-state index in [9.17, 15) is 4.79 Å². The first-order chi connectivity index (χ1) is 10.1. The average molecular weight is 291 g/mol. The molecule has 5 nitrogen and oxygen atoms in total. The van der Waals surface area contributed by atoms with Gasteiger partial charge >= 0.3 is 5.97 Å². The fourth-order valence-electron chi connectivity index (χ4n) is 2.64. The highest BCUT2D eigenvalue weighted by molar-refractivity contribution is 5.96. The highest BCUT2D eigenvalue weighted by Crippen LogP contribution is 2.22. The van der Waals surface area contributed by atoms with Crippen LogP contribution in [0.25, 0.3) is 0 Å². The molecule has 2 rings (SSSR count). The number of ether oxygens (including phenoxy) is 1. The average Bonchev–Trinajstić information content (AvgIpc) is 2.96. The first-order valence-corrected chi connectivity index (χ1v) is 7.54. The smallest absolute Gasteiger partial charge is 0.340 e. The lowest BCUT2D eigenvalue weighted by Gasteiger charge is -2.18. The summed E-state index contributed by atoms with van der Waals surface area (Å²) < 4.78 is 5.39. The summed E-state index contributed by atoms with van der Waals surface area (Å²) in [4.78, 5) is 16.5. The van der Waals surface area contributed by atoms with E-state index in [1.807, 2.05) is 25.1 Å². The number of rotatable bonds is 6. The molecule has 0 saturated carbocycles. The zero-order valence-corrected chi connectivity index (χ0v) is 13.0. The Labute approximate surface area is 126 Å². The summed E-state index contributed by atoms with van der Waals surface area (Å²) in [6, 6.07) is 5.31. The van der Waals surface area contributed by atoms with E-state index in [2.05, 4.69) is 4.90 Å². The summed E-state index contributed by atoms with van der Waals surface area (Å²) in [5.74, 6) is -0.299. The number of nitrogens with two attached hydrogens (primary N) is 1. The predicted octanol–water partition coefficient (Wildman–Crippen LogP) is 1.98. The van der Waals surface area contributed by atoms with Crippen molar-refractivity contribution in [2.75, 3.05) is 51.0 Å². The Balaban J connectivity index is 1.86. The van der Waals surface area contributed by atoms with Gasteiger partial charge in [-0.15, -0.1) is 0 Å². The fourth-order valence-corrected chi connectivity index (χ4v) is 2.64. The number of benzene rings is 1. The van der Waals surface area contributed by atoms with Crippen LogP contribution in [0, 0.1) is 0 Å². The van der Waals surface area contributed by atoms with E-state index in [0.717, 1.165) is 18.7 Å². The summed E-state index contributed by atoms with van der Waals surface area (Å²) in [7, 11) is 3.80. The van der Waals surface area contributed by atoms with E-state index in [0.29, 0.717) is 17.9 Å². The zero-order valence-electron chi connectivity index (χ0n) is 13.0. The summed E-state index contributed by atoms with van der Waals surface area (Å²) in [6.45, 7) is 3.81. The molecule has 1 heterocycles. The first kappa shape index (κ1) is 15.6. The maximum absolute atomic E-state index is 12.2. The molecule has 21 heavy (non-hydrogen) atoms. The molecule has 116 valence electrons. The number of carbonyl (C=O) groups excluding carboxylic acids is 1. The summed E-state index contributed by atoms with van der Waals surface area (Å²) in [6.07, 6.45) is 3.45. The number of anilines is 2. The molecule has 0 aliphatic carbocycles. The minimum atomic E-state index is -0.299. The monoisotopic (exact) mass is 291 g/mol. The standard InChI is InChI=1S/C16H25N3O2/c1-18(2)15-7-6-13(17)12-14(15)16(20)21-11-5-10-19-8-3-4-9-19/h6-7,12H,3-5,8-11,17H2,1-2H3. The van der Waals surface area contributed by atoms with Crippen molar-refractivity contribution in [3.8, 4) is 0 Å². The lowest BCUT2D eigenvalue weighted by atomic mass is 10.1. The SMILES string of the molecule is CN(C)c1ccc(N)cc1C(=O)OCCCN1CCCC1. The van der Waals surface area contributed by atoms with Crippen LogP contribution in [0.1, 0.15) is 29.6 Å². The van der Waals surface area contributed by atoms with Gasteiger partial charge in [0.2, 0.25) is 0 Å². The molecule has 1 aliphatic heterocycles. The second-order valence-electron chi connectivity index (χ2n) is 5.71. The van der Waals surface area contributed by atoms with Crippen molar-refractivity contribution in [3.05, 3.63) is 23.8 Å². The largest absolute Gasteiger partial charge is 0.462 e. The predicted molar refractivity (Wildman–Crippen MR) is 85.8 cm³/mol. The molecule has 0 unspecified atom stereocenters. The third-order valence-electron chi connectivity index (χ3n) is 3.77. The van der Waals surface area contributed by atoms with Crippen LogP contribution in [0.3, 0.4) is 0 Å². The van der Waals surface area contributed by atoms with Crippen LogP contribution >= 0.6 is 0 Å². The minimum Gasteiger partial charge on any atom is -0.462 e. The molecular weight excluding hydrogens is 266 g/mol. The molecule has 0 radical (unpaired) electrons. The Morgan fingerprint density at radius 1 is 1.33 bits per heavy atom. The zero-order chi connectivity index (χ0) is 15.2. The van der Waals surface area contributed by atoms with Crippen molar-refractivity contribution < 1.29 is 9.53 Å². The molecule has 1 aromatic rings. The van der Waals surface area contributed by atoms with Crippen LogP contribution < -0.4 is 10.6 Å². The maximum Gasteiger partial charge on any atom is 0.340 e. The number of carbonyl (C=O) groups is 1. The topological polar surface area (TPSA) is 58.8 Å².